The highest BCUT2D eigenvalue weighted by molar-refractivity contribution is 5.94. The molecule has 4 rings (SSSR count). The molecule has 2 aromatic carbocycles. The monoisotopic (exact) mass is 414 g/mol. The van der Waals surface area contributed by atoms with Gasteiger partial charge in [-0.25, -0.2) is 8.78 Å². The highest BCUT2D eigenvalue weighted by Crippen LogP contribution is 2.26. The Balaban J connectivity index is 1.25. The lowest BCUT2D eigenvalue weighted by Crippen LogP contribution is -2.42. The van der Waals surface area contributed by atoms with E-state index in [1.165, 1.54) is 6.07 Å². The Morgan fingerprint density at radius 2 is 1.87 bits per heavy atom. The maximum Gasteiger partial charge on any atom is 0.298 e. The molecule has 1 saturated heterocycles. The number of carbonyl (C=O) groups excluding carboxylic acids is 2. The number of para-hydroxylation sites is 2. The summed E-state index contributed by atoms with van der Waals surface area (Å²) in [6.45, 7) is 0.987. The molecule has 9 heteroatoms. The molecule has 2 amide bonds. The molecule has 0 atom stereocenters. The molecule has 2 heterocycles. The molecule has 1 aromatic heterocycles. The minimum Gasteiger partial charge on any atom is -0.423 e. The molecule has 0 radical (unpaired) electrons. The molecule has 0 aliphatic carbocycles. The Bertz CT molecular complexity index is 1040. The van der Waals surface area contributed by atoms with E-state index < -0.39 is 17.5 Å². The summed E-state index contributed by atoms with van der Waals surface area (Å²) in [7, 11) is 0. The van der Waals surface area contributed by atoms with Crippen molar-refractivity contribution in [1.29, 1.82) is 0 Å². The molecule has 0 saturated carbocycles. The largest absolute Gasteiger partial charge is 0.423 e. The van der Waals surface area contributed by atoms with Gasteiger partial charge in [-0.05, 0) is 37.1 Å². The molecular formula is C21H20F2N4O3. The van der Waals surface area contributed by atoms with Gasteiger partial charge in [0.2, 0.25) is 11.8 Å². The van der Waals surface area contributed by atoms with Crippen LogP contribution in [-0.2, 0) is 9.59 Å². The average molecular weight is 414 g/mol. The van der Waals surface area contributed by atoms with E-state index in [1.54, 1.807) is 0 Å². The molecule has 30 heavy (non-hydrogen) atoms. The standard InChI is InChI=1S/C21H20F2N4O3/c22-15-6-5-14(11-16(15)23)25-19(28)12-24-20(29)13-7-9-27(10-8-13)21-26-17-3-1-2-4-18(17)30-21/h1-6,11,13H,7-10,12H2,(H,24,29)(H,25,28). The molecule has 3 aromatic rings. The van der Waals surface area contributed by atoms with Gasteiger partial charge in [0.1, 0.15) is 5.52 Å². The zero-order valence-electron chi connectivity index (χ0n) is 16.0. The van der Waals surface area contributed by atoms with Crippen molar-refractivity contribution in [2.45, 2.75) is 12.8 Å². The van der Waals surface area contributed by atoms with Crippen LogP contribution in [0.3, 0.4) is 0 Å². The fourth-order valence-corrected chi connectivity index (χ4v) is 3.42. The van der Waals surface area contributed by atoms with Gasteiger partial charge >= 0.3 is 0 Å². The summed E-state index contributed by atoms with van der Waals surface area (Å²) in [5.74, 6) is -3.00. The second-order valence-electron chi connectivity index (χ2n) is 7.12. The summed E-state index contributed by atoms with van der Waals surface area (Å²) in [4.78, 5) is 30.8. The predicted octanol–water partition coefficient (Wildman–Crippen LogP) is 3.08. The van der Waals surface area contributed by atoms with E-state index in [-0.39, 0.29) is 24.1 Å². The van der Waals surface area contributed by atoms with Crippen LogP contribution in [0, 0.1) is 17.6 Å². The number of hydrogen-bond acceptors (Lipinski definition) is 5. The summed E-state index contributed by atoms with van der Waals surface area (Å²) in [6.07, 6.45) is 1.21. The minimum absolute atomic E-state index is 0.125. The first kappa shape index (κ1) is 19.8. The number of benzene rings is 2. The number of oxazole rings is 1. The van der Waals surface area contributed by atoms with Gasteiger partial charge in [-0.2, -0.15) is 4.98 Å². The zero-order chi connectivity index (χ0) is 21.1. The average Bonchev–Trinajstić information content (AvgIpc) is 3.19. The number of anilines is 2. The lowest BCUT2D eigenvalue weighted by molar-refractivity contribution is -0.127. The Labute approximate surface area is 171 Å². The molecule has 1 aliphatic rings. The SMILES string of the molecule is O=C(CNC(=O)C1CCN(c2nc3ccccc3o2)CC1)Nc1ccc(F)c(F)c1. The van der Waals surface area contributed by atoms with Crippen molar-refractivity contribution in [3.8, 4) is 0 Å². The van der Waals surface area contributed by atoms with Crippen molar-refractivity contribution < 1.29 is 22.8 Å². The van der Waals surface area contributed by atoms with E-state index in [1.807, 2.05) is 29.2 Å². The number of rotatable bonds is 5. The quantitative estimate of drug-likeness (QED) is 0.670. The van der Waals surface area contributed by atoms with Crippen LogP contribution in [0.2, 0.25) is 0 Å². The van der Waals surface area contributed by atoms with Gasteiger partial charge in [-0.1, -0.05) is 12.1 Å². The highest BCUT2D eigenvalue weighted by atomic mass is 19.2. The fourth-order valence-electron chi connectivity index (χ4n) is 3.42. The van der Waals surface area contributed by atoms with E-state index >= 15 is 0 Å². The maximum absolute atomic E-state index is 13.2. The van der Waals surface area contributed by atoms with Crippen LogP contribution in [-0.4, -0.2) is 36.4 Å². The second-order valence-corrected chi connectivity index (χ2v) is 7.12. The van der Waals surface area contributed by atoms with Gasteiger partial charge in [0.15, 0.2) is 17.2 Å². The molecule has 7 nitrogen and oxygen atoms in total. The number of halogens is 2. The Hall–Kier alpha value is -3.49. The smallest absolute Gasteiger partial charge is 0.298 e. The second kappa shape index (κ2) is 8.48. The lowest BCUT2D eigenvalue weighted by Gasteiger charge is -2.30. The normalized spacial score (nSPS) is 14.7. The number of amides is 2. The first-order valence-electron chi connectivity index (χ1n) is 9.63. The number of hydrogen-bond donors (Lipinski definition) is 2. The number of nitrogens with zero attached hydrogens (tertiary/aromatic N) is 2. The maximum atomic E-state index is 13.2. The van der Waals surface area contributed by atoms with Gasteiger partial charge in [-0.15, -0.1) is 0 Å². The summed E-state index contributed by atoms with van der Waals surface area (Å²) < 4.78 is 31.9. The topological polar surface area (TPSA) is 87.5 Å². The Morgan fingerprint density at radius 1 is 1.10 bits per heavy atom. The first-order valence-corrected chi connectivity index (χ1v) is 9.63. The fraction of sp³-hybridized carbons (Fsp3) is 0.286. The van der Waals surface area contributed by atoms with Crippen LogP contribution < -0.4 is 15.5 Å². The molecule has 156 valence electrons. The van der Waals surface area contributed by atoms with E-state index in [0.29, 0.717) is 31.9 Å². The summed E-state index contributed by atoms with van der Waals surface area (Å²) in [5, 5.41) is 5.02. The van der Waals surface area contributed by atoms with E-state index in [2.05, 4.69) is 15.6 Å². The van der Waals surface area contributed by atoms with E-state index in [0.717, 1.165) is 23.2 Å². The van der Waals surface area contributed by atoms with Crippen molar-refractivity contribution in [2.24, 2.45) is 5.92 Å². The Morgan fingerprint density at radius 3 is 2.60 bits per heavy atom. The van der Waals surface area contributed by atoms with Crippen molar-refractivity contribution in [1.82, 2.24) is 10.3 Å². The minimum atomic E-state index is -1.05. The van der Waals surface area contributed by atoms with Crippen LogP contribution in [0.15, 0.2) is 46.9 Å². The van der Waals surface area contributed by atoms with Crippen molar-refractivity contribution in [2.75, 3.05) is 29.9 Å². The lowest BCUT2D eigenvalue weighted by atomic mass is 9.96. The summed E-state index contributed by atoms with van der Waals surface area (Å²) in [6, 6.07) is 11.1. The third kappa shape index (κ3) is 4.40. The van der Waals surface area contributed by atoms with Crippen LogP contribution in [0.1, 0.15) is 12.8 Å². The number of piperidine rings is 1. The van der Waals surface area contributed by atoms with Gasteiger partial charge in [0.05, 0.1) is 6.54 Å². The van der Waals surface area contributed by atoms with E-state index in [4.69, 9.17) is 4.42 Å². The van der Waals surface area contributed by atoms with Crippen molar-refractivity contribution >= 4 is 34.6 Å². The molecule has 1 aliphatic heterocycles. The first-order chi connectivity index (χ1) is 14.5. The molecule has 1 fully saturated rings. The van der Waals surface area contributed by atoms with Crippen LogP contribution >= 0.6 is 0 Å². The third-order valence-corrected chi connectivity index (χ3v) is 5.05. The van der Waals surface area contributed by atoms with Gasteiger partial charge in [0, 0.05) is 30.8 Å². The van der Waals surface area contributed by atoms with Gasteiger partial charge in [-0.3, -0.25) is 9.59 Å². The van der Waals surface area contributed by atoms with Crippen molar-refractivity contribution in [3.05, 3.63) is 54.1 Å². The number of fused-ring (bicyclic) bond motifs is 1. The summed E-state index contributed by atoms with van der Waals surface area (Å²) >= 11 is 0. The number of nitrogens with one attached hydrogen (secondary N) is 2. The highest BCUT2D eigenvalue weighted by Gasteiger charge is 2.27. The number of aromatic nitrogens is 1. The molecule has 0 bridgehead atoms. The molecule has 2 N–H and O–H groups in total. The predicted molar refractivity (Wildman–Crippen MR) is 107 cm³/mol. The molecule has 0 unspecified atom stereocenters. The Kier molecular flexibility index (Phi) is 5.60. The molecule has 0 spiro atoms. The van der Waals surface area contributed by atoms with Crippen LogP contribution in [0.5, 0.6) is 0 Å². The van der Waals surface area contributed by atoms with E-state index in [9.17, 15) is 18.4 Å². The zero-order valence-corrected chi connectivity index (χ0v) is 16.0. The van der Waals surface area contributed by atoms with Gasteiger partial charge in [0.25, 0.3) is 6.01 Å². The number of carbonyl (C=O) groups is 2. The van der Waals surface area contributed by atoms with Crippen molar-refractivity contribution in [3.63, 3.8) is 0 Å². The molecular weight excluding hydrogens is 394 g/mol. The third-order valence-electron chi connectivity index (χ3n) is 5.05. The summed E-state index contributed by atoms with van der Waals surface area (Å²) in [5.41, 5.74) is 1.64. The van der Waals surface area contributed by atoms with Gasteiger partial charge < -0.3 is 20.0 Å². The van der Waals surface area contributed by atoms with Crippen LogP contribution in [0.4, 0.5) is 20.5 Å². The van der Waals surface area contributed by atoms with Crippen LogP contribution in [0.25, 0.3) is 11.1 Å².